The predicted octanol–water partition coefficient (Wildman–Crippen LogP) is 2.76. The number of methoxy groups -OCH3 is 3. The molecule has 0 unspecified atom stereocenters. The zero-order valence-electron chi connectivity index (χ0n) is 15.9. The Morgan fingerprint density at radius 2 is 1.65 bits per heavy atom. The molecule has 5 nitrogen and oxygen atoms in total. The van der Waals surface area contributed by atoms with Crippen molar-refractivity contribution in [3.8, 4) is 11.5 Å². The maximum atomic E-state index is 10.5. The van der Waals surface area contributed by atoms with Crippen molar-refractivity contribution in [3.05, 3.63) is 59.7 Å². The Balaban J connectivity index is 2.02. The second-order valence-corrected chi connectivity index (χ2v) is 6.26. The molecule has 0 aromatic heterocycles. The Morgan fingerprint density at radius 3 is 2.31 bits per heavy atom. The first-order chi connectivity index (χ1) is 12.7. The van der Waals surface area contributed by atoms with E-state index in [0.717, 1.165) is 17.7 Å². The van der Waals surface area contributed by atoms with E-state index < -0.39 is 6.10 Å². The lowest BCUT2D eigenvalue weighted by Gasteiger charge is -2.25. The van der Waals surface area contributed by atoms with Gasteiger partial charge in [0.1, 0.15) is 0 Å². The molecule has 2 aromatic carbocycles. The highest BCUT2D eigenvalue weighted by atomic mass is 16.5. The minimum absolute atomic E-state index is 0.436. The summed E-state index contributed by atoms with van der Waals surface area (Å²) in [4.78, 5) is 2.19. The smallest absolute Gasteiger partial charge is 0.161 e. The molecule has 0 fully saturated rings. The van der Waals surface area contributed by atoms with E-state index in [9.17, 15) is 5.11 Å². The third-order valence-electron chi connectivity index (χ3n) is 4.25. The van der Waals surface area contributed by atoms with E-state index in [1.54, 1.807) is 21.3 Å². The Kier molecular flexibility index (Phi) is 8.41. The average Bonchev–Trinajstić information content (AvgIpc) is 2.66. The number of hydrogen-bond donors (Lipinski definition) is 1. The summed E-state index contributed by atoms with van der Waals surface area (Å²) in [5.41, 5.74) is 2.24. The third-order valence-corrected chi connectivity index (χ3v) is 4.25. The predicted molar refractivity (Wildman–Crippen MR) is 103 cm³/mol. The van der Waals surface area contributed by atoms with Crippen molar-refractivity contribution in [3.63, 3.8) is 0 Å². The SMILES string of the molecule is COCCN(Cc1ccc(OC)c(OC)c1)C[C@H](O)Cc1ccccc1. The van der Waals surface area contributed by atoms with Gasteiger partial charge >= 0.3 is 0 Å². The number of aliphatic hydroxyl groups excluding tert-OH is 1. The number of hydrogen-bond acceptors (Lipinski definition) is 5. The van der Waals surface area contributed by atoms with E-state index >= 15 is 0 Å². The fraction of sp³-hybridized carbons (Fsp3) is 0.429. The molecular formula is C21H29NO4. The topological polar surface area (TPSA) is 51.2 Å². The van der Waals surface area contributed by atoms with Crippen LogP contribution in [0.3, 0.4) is 0 Å². The summed E-state index contributed by atoms with van der Waals surface area (Å²) in [7, 11) is 4.95. The fourth-order valence-corrected chi connectivity index (χ4v) is 2.94. The number of nitrogens with zero attached hydrogens (tertiary/aromatic N) is 1. The summed E-state index contributed by atoms with van der Waals surface area (Å²) in [5, 5.41) is 10.5. The highest BCUT2D eigenvalue weighted by Crippen LogP contribution is 2.28. The van der Waals surface area contributed by atoms with Crippen molar-refractivity contribution in [1.82, 2.24) is 4.90 Å². The van der Waals surface area contributed by atoms with E-state index in [2.05, 4.69) is 4.90 Å². The van der Waals surface area contributed by atoms with Gasteiger partial charge in [-0.15, -0.1) is 0 Å². The first kappa shape index (κ1) is 20.2. The molecule has 0 aliphatic rings. The largest absolute Gasteiger partial charge is 0.493 e. The van der Waals surface area contributed by atoms with Crippen LogP contribution in [0.1, 0.15) is 11.1 Å². The fourth-order valence-electron chi connectivity index (χ4n) is 2.94. The molecule has 0 heterocycles. The van der Waals surface area contributed by atoms with Crippen molar-refractivity contribution in [1.29, 1.82) is 0 Å². The van der Waals surface area contributed by atoms with Gasteiger partial charge in [-0.3, -0.25) is 4.90 Å². The van der Waals surface area contributed by atoms with Crippen LogP contribution in [-0.2, 0) is 17.7 Å². The van der Waals surface area contributed by atoms with Crippen LogP contribution >= 0.6 is 0 Å². The van der Waals surface area contributed by atoms with Gasteiger partial charge in [0.05, 0.1) is 26.9 Å². The lowest BCUT2D eigenvalue weighted by atomic mass is 10.1. The van der Waals surface area contributed by atoms with Gasteiger partial charge in [0.15, 0.2) is 11.5 Å². The highest BCUT2D eigenvalue weighted by Gasteiger charge is 2.14. The van der Waals surface area contributed by atoms with Gasteiger partial charge in [0.25, 0.3) is 0 Å². The van der Waals surface area contributed by atoms with E-state index in [0.29, 0.717) is 37.6 Å². The maximum absolute atomic E-state index is 10.5. The molecule has 1 atom stereocenters. The van der Waals surface area contributed by atoms with Crippen LogP contribution in [0, 0.1) is 0 Å². The molecule has 0 saturated carbocycles. The second-order valence-electron chi connectivity index (χ2n) is 6.26. The maximum Gasteiger partial charge on any atom is 0.161 e. The molecule has 142 valence electrons. The molecule has 1 N–H and O–H groups in total. The van der Waals surface area contributed by atoms with Gasteiger partial charge in [-0.1, -0.05) is 36.4 Å². The van der Waals surface area contributed by atoms with Gasteiger partial charge in [0, 0.05) is 26.7 Å². The molecule has 0 aliphatic carbocycles. The Hall–Kier alpha value is -2.08. The first-order valence-corrected chi connectivity index (χ1v) is 8.80. The summed E-state index contributed by atoms with van der Waals surface area (Å²) >= 11 is 0. The van der Waals surface area contributed by atoms with E-state index in [4.69, 9.17) is 14.2 Å². The lowest BCUT2D eigenvalue weighted by Crippen LogP contribution is -2.35. The number of benzene rings is 2. The van der Waals surface area contributed by atoms with Crippen LogP contribution in [-0.4, -0.2) is 57.1 Å². The molecular weight excluding hydrogens is 330 g/mol. The van der Waals surface area contributed by atoms with Gasteiger partial charge in [-0.2, -0.15) is 0 Å². The molecule has 2 rings (SSSR count). The summed E-state index contributed by atoms with van der Waals surface area (Å²) < 4.78 is 15.9. The third kappa shape index (κ3) is 6.33. The number of ether oxygens (including phenoxy) is 3. The minimum Gasteiger partial charge on any atom is -0.493 e. The van der Waals surface area contributed by atoms with Crippen molar-refractivity contribution in [2.45, 2.75) is 19.1 Å². The molecule has 0 bridgehead atoms. The molecule has 2 aromatic rings. The molecule has 0 aliphatic heterocycles. The average molecular weight is 359 g/mol. The number of aliphatic hydroxyl groups is 1. The Morgan fingerprint density at radius 1 is 0.923 bits per heavy atom. The van der Waals surface area contributed by atoms with Crippen LogP contribution in [0.4, 0.5) is 0 Å². The minimum atomic E-state index is -0.436. The Bertz CT molecular complexity index is 648. The zero-order valence-corrected chi connectivity index (χ0v) is 15.9. The first-order valence-electron chi connectivity index (χ1n) is 8.80. The monoisotopic (exact) mass is 359 g/mol. The molecule has 0 radical (unpaired) electrons. The van der Waals surface area contributed by atoms with Crippen LogP contribution in [0.2, 0.25) is 0 Å². The summed E-state index contributed by atoms with van der Waals surface area (Å²) in [6.45, 7) is 2.64. The molecule has 0 saturated heterocycles. The summed E-state index contributed by atoms with van der Waals surface area (Å²) in [6.07, 6.45) is 0.199. The summed E-state index contributed by atoms with van der Waals surface area (Å²) in [5.74, 6) is 1.42. The Labute approximate surface area is 156 Å². The normalized spacial score (nSPS) is 12.2. The lowest BCUT2D eigenvalue weighted by molar-refractivity contribution is 0.0851. The zero-order chi connectivity index (χ0) is 18.8. The van der Waals surface area contributed by atoms with Gasteiger partial charge in [0.2, 0.25) is 0 Å². The molecule has 0 amide bonds. The standard InChI is InChI=1S/C21H29NO4/c1-24-12-11-22(16-19(23)13-17-7-5-4-6-8-17)15-18-9-10-20(25-2)21(14-18)26-3/h4-10,14,19,23H,11-13,15-16H2,1-3H3/t19-/m1/s1. The van der Waals surface area contributed by atoms with Crippen molar-refractivity contribution in [2.75, 3.05) is 41.0 Å². The number of rotatable bonds is 11. The van der Waals surface area contributed by atoms with Crippen molar-refractivity contribution < 1.29 is 19.3 Å². The van der Waals surface area contributed by atoms with E-state index in [-0.39, 0.29) is 0 Å². The molecule has 0 spiro atoms. The van der Waals surface area contributed by atoms with Crippen LogP contribution in [0.15, 0.2) is 48.5 Å². The van der Waals surface area contributed by atoms with Crippen molar-refractivity contribution in [2.24, 2.45) is 0 Å². The van der Waals surface area contributed by atoms with Gasteiger partial charge in [-0.25, -0.2) is 0 Å². The quantitative estimate of drug-likeness (QED) is 0.669. The van der Waals surface area contributed by atoms with Crippen LogP contribution in [0.25, 0.3) is 0 Å². The van der Waals surface area contributed by atoms with Crippen LogP contribution < -0.4 is 9.47 Å². The van der Waals surface area contributed by atoms with Crippen LogP contribution in [0.5, 0.6) is 11.5 Å². The van der Waals surface area contributed by atoms with E-state index in [1.165, 1.54) is 0 Å². The van der Waals surface area contributed by atoms with E-state index in [1.807, 2.05) is 48.5 Å². The second kappa shape index (κ2) is 10.8. The molecule has 26 heavy (non-hydrogen) atoms. The van der Waals surface area contributed by atoms with Gasteiger partial charge in [-0.05, 0) is 29.7 Å². The highest BCUT2D eigenvalue weighted by molar-refractivity contribution is 5.42. The molecule has 5 heteroatoms. The van der Waals surface area contributed by atoms with Crippen molar-refractivity contribution >= 4 is 0 Å². The van der Waals surface area contributed by atoms with Gasteiger partial charge < -0.3 is 19.3 Å². The summed E-state index contributed by atoms with van der Waals surface area (Å²) in [6, 6.07) is 15.9.